The smallest absolute Gasteiger partial charge is 0.135 e. The van der Waals surface area contributed by atoms with Gasteiger partial charge in [-0.2, -0.15) is 6.07 Å². The molecule has 0 saturated heterocycles. The van der Waals surface area contributed by atoms with Gasteiger partial charge >= 0.3 is 0 Å². The fraction of sp³-hybridized carbons (Fsp3) is 0.172. The number of pyridine rings is 1. The Kier molecular flexibility index (Phi) is 8.12. The fourth-order valence-corrected chi connectivity index (χ4v) is 9.70. The van der Waals surface area contributed by atoms with Crippen LogP contribution in [0.3, 0.4) is 0 Å². The van der Waals surface area contributed by atoms with E-state index in [4.69, 9.17) is 17.9 Å². The van der Waals surface area contributed by atoms with Gasteiger partial charge in [0.05, 0.1) is 16.7 Å². The Morgan fingerprint density at radius 1 is 0.545 bits per heavy atom. The molecule has 0 bridgehead atoms. The molecule has 0 spiro atoms. The summed E-state index contributed by atoms with van der Waals surface area (Å²) >= 11 is 0. The second-order valence-corrected chi connectivity index (χ2v) is 19.1. The minimum absolute atomic E-state index is 0. The molecule has 0 fully saturated rings. The third-order valence-corrected chi connectivity index (χ3v) is 13.0. The van der Waals surface area contributed by atoms with Crippen LogP contribution >= 0.6 is 0 Å². The topological polar surface area (TPSA) is 43.4 Å². The zero-order chi connectivity index (χ0) is 49.5. The van der Waals surface area contributed by atoms with Crippen molar-refractivity contribution in [3.8, 4) is 17.3 Å². The molecular weight excluding hydrogens is 992 g/mol. The Balaban J connectivity index is 0.00000560. The normalized spacial score (nSPS) is 14.9. The average Bonchev–Trinajstić information content (AvgIpc) is 4.07. The van der Waals surface area contributed by atoms with Crippen molar-refractivity contribution in [1.29, 1.82) is 0 Å². The molecule has 0 radical (unpaired) electrons. The number of benzene rings is 7. The first-order chi connectivity index (χ1) is 33.8. The number of aryl methyl sites for hydroxylation is 2. The fourth-order valence-electron chi connectivity index (χ4n) is 9.70. The van der Waals surface area contributed by atoms with E-state index in [-0.39, 0.29) is 31.9 Å². The summed E-state index contributed by atoms with van der Waals surface area (Å²) in [5.41, 5.74) is 7.98. The molecule has 7 aromatic carbocycles. The van der Waals surface area contributed by atoms with Crippen LogP contribution < -0.4 is 14.5 Å². The van der Waals surface area contributed by atoms with Crippen LogP contribution in [0.5, 0.6) is 11.5 Å². The molecule has 7 nitrogen and oxygen atoms in total. The van der Waals surface area contributed by atoms with Crippen molar-refractivity contribution in [2.24, 2.45) is 14.0 Å². The van der Waals surface area contributed by atoms with Crippen LogP contribution in [-0.2, 0) is 45.8 Å². The molecule has 0 atom stereocenters. The minimum atomic E-state index is -2.64. The van der Waals surface area contributed by atoms with Gasteiger partial charge in [0.15, 0.2) is 0 Å². The van der Waals surface area contributed by atoms with Crippen LogP contribution in [0.2, 0.25) is 0 Å². The van der Waals surface area contributed by atoms with Gasteiger partial charge in [0.25, 0.3) is 0 Å². The first-order valence-corrected chi connectivity index (χ1v) is 22.0. The summed E-state index contributed by atoms with van der Waals surface area (Å²) in [5.74, 6) is 1.76. The van der Waals surface area contributed by atoms with E-state index in [1.54, 1.807) is 0 Å². The van der Waals surface area contributed by atoms with Crippen LogP contribution in [0.4, 0.5) is 22.7 Å². The molecule has 11 aromatic rings. The van der Waals surface area contributed by atoms with Gasteiger partial charge in [0.1, 0.15) is 5.82 Å². The van der Waals surface area contributed by atoms with Gasteiger partial charge in [-0.3, -0.25) is 0 Å². The van der Waals surface area contributed by atoms with Crippen molar-refractivity contribution in [2.45, 2.75) is 52.4 Å². The molecule has 1 aliphatic rings. The van der Waals surface area contributed by atoms with Gasteiger partial charge in [0, 0.05) is 110 Å². The first kappa shape index (κ1) is 35.4. The van der Waals surface area contributed by atoms with Crippen molar-refractivity contribution in [2.75, 3.05) is 9.80 Å². The molecule has 330 valence electrons. The Morgan fingerprint density at radius 3 is 1.74 bits per heavy atom. The van der Waals surface area contributed by atoms with Gasteiger partial charge in [-0.25, -0.2) is 4.98 Å². The van der Waals surface area contributed by atoms with Crippen molar-refractivity contribution in [3.05, 3.63) is 176 Å². The molecule has 0 aliphatic carbocycles. The Morgan fingerprint density at radius 2 is 1.12 bits per heavy atom. The SMILES string of the molecule is [2H]C([2H])([2H])n1c2ccccc2c2cc3c4ccccc4n(C([2H])([2H])[2H])c3c(N3[CH-]N(c4[c-]c(Oc5[c-]c6c(cc5)c5ccccc5n6-c5cc(C(C)(C)C)ccn5)cc(C(C)(C)C)c4)c4ccccc43)c21.[Pt]. The number of fused-ring (bicyclic) bond motifs is 10. The Labute approximate surface area is 408 Å². The van der Waals surface area contributed by atoms with E-state index in [0.29, 0.717) is 55.7 Å². The molecule has 0 saturated carbocycles. The number of anilines is 4. The van der Waals surface area contributed by atoms with E-state index in [1.165, 1.54) is 14.7 Å². The van der Waals surface area contributed by atoms with E-state index >= 15 is 0 Å². The maximum absolute atomic E-state index is 9.00. The predicted octanol–water partition coefficient (Wildman–Crippen LogP) is 14.9. The summed E-state index contributed by atoms with van der Waals surface area (Å²) < 4.78 is 65.8. The quantitative estimate of drug-likeness (QED) is 0.161. The number of ether oxygens (including phenoxy) is 1. The number of hydrogen-bond donors (Lipinski definition) is 0. The zero-order valence-corrected chi connectivity index (χ0v) is 39.6. The van der Waals surface area contributed by atoms with Crippen molar-refractivity contribution in [1.82, 2.24) is 18.7 Å². The summed E-state index contributed by atoms with van der Waals surface area (Å²) in [6, 6.07) is 52.6. The molecule has 5 heterocycles. The van der Waals surface area contributed by atoms with Crippen LogP contribution in [0.15, 0.2) is 146 Å². The minimum Gasteiger partial charge on any atom is -0.509 e. The zero-order valence-electron chi connectivity index (χ0n) is 43.3. The number of para-hydroxylation sites is 5. The largest absolute Gasteiger partial charge is 0.509 e. The molecule has 0 amide bonds. The number of aromatic nitrogens is 4. The molecule has 0 unspecified atom stereocenters. The van der Waals surface area contributed by atoms with E-state index in [1.807, 2.05) is 126 Å². The van der Waals surface area contributed by atoms with Crippen molar-refractivity contribution >= 4 is 88.2 Å². The molecule has 8 heteroatoms. The third kappa shape index (κ3) is 6.38. The van der Waals surface area contributed by atoms with Gasteiger partial charge < -0.3 is 28.2 Å². The summed E-state index contributed by atoms with van der Waals surface area (Å²) in [6.45, 7) is 9.68. The third-order valence-electron chi connectivity index (χ3n) is 13.0. The molecule has 4 aromatic heterocycles. The number of hydrogen-bond acceptors (Lipinski definition) is 4. The van der Waals surface area contributed by atoms with Gasteiger partial charge in [-0.05, 0) is 70.3 Å². The summed E-state index contributed by atoms with van der Waals surface area (Å²) in [5, 5.41) is 4.98. The maximum Gasteiger partial charge on any atom is 0.135 e. The number of nitrogens with zero attached hydrogens (tertiary/aromatic N) is 6. The van der Waals surface area contributed by atoms with Crippen LogP contribution in [0, 0.1) is 18.8 Å². The second-order valence-electron chi connectivity index (χ2n) is 19.1. The standard InChI is InChI=1S/C58H49N6O.Pt/c1-57(2,3)36-27-28-59-53(31-36)64-49-22-14-11-17-41(49)44-26-25-39(33-52(44)64)65-40-30-37(58(4,5)6)29-38(32-40)62-35-63(51-24-16-15-23-50(51)62)56-54-45(42-18-9-12-20-47(42)60(54)7)34-46-43-19-10-13-21-48(43)61(8)55(46)56;/h9-31,34-35H,1-8H3;/q-3;/i7D3,8D3;. The summed E-state index contributed by atoms with van der Waals surface area (Å²) in [4.78, 5) is 8.83. The molecule has 1 aliphatic heterocycles. The van der Waals surface area contributed by atoms with Crippen LogP contribution in [-0.4, -0.2) is 18.7 Å². The average molecular weight is 1050 g/mol. The monoisotopic (exact) mass is 1050 g/mol. The molecular formula is C58H49N6OPt-3. The van der Waals surface area contributed by atoms with Crippen molar-refractivity contribution in [3.63, 3.8) is 0 Å². The second kappa shape index (κ2) is 15.1. The summed E-state index contributed by atoms with van der Waals surface area (Å²) in [7, 11) is 0. The van der Waals surface area contributed by atoms with Crippen LogP contribution in [0.25, 0.3) is 71.2 Å². The van der Waals surface area contributed by atoms with Crippen molar-refractivity contribution < 1.29 is 34.0 Å². The van der Waals surface area contributed by atoms with Gasteiger partial charge in [0.2, 0.25) is 0 Å². The summed E-state index contributed by atoms with van der Waals surface area (Å²) in [6.07, 6.45) is 1.86. The van der Waals surface area contributed by atoms with E-state index in [9.17, 15) is 0 Å². The van der Waals surface area contributed by atoms with Crippen LogP contribution in [0.1, 0.15) is 60.9 Å². The van der Waals surface area contributed by atoms with E-state index in [2.05, 4.69) is 94.6 Å². The Bertz CT molecular complexity index is 3880. The number of rotatable bonds is 5. The van der Waals surface area contributed by atoms with E-state index in [0.717, 1.165) is 55.3 Å². The first-order valence-electron chi connectivity index (χ1n) is 25.0. The molecule has 66 heavy (non-hydrogen) atoms. The predicted molar refractivity (Wildman–Crippen MR) is 270 cm³/mol. The molecule has 0 N–H and O–H groups in total. The van der Waals surface area contributed by atoms with Gasteiger partial charge in [-0.1, -0.05) is 114 Å². The Hall–Kier alpha value is -6.82. The van der Waals surface area contributed by atoms with E-state index < -0.39 is 14.0 Å². The maximum atomic E-state index is 9.00. The van der Waals surface area contributed by atoms with Gasteiger partial charge in [-0.15, -0.1) is 53.6 Å². The molecule has 12 rings (SSSR count).